The van der Waals surface area contributed by atoms with Gasteiger partial charge in [-0.2, -0.15) is 0 Å². The van der Waals surface area contributed by atoms with Crippen molar-refractivity contribution in [2.75, 3.05) is 0 Å². The lowest BCUT2D eigenvalue weighted by Crippen LogP contribution is -2.58. The van der Waals surface area contributed by atoms with E-state index in [1.807, 2.05) is 6.92 Å². The quantitative estimate of drug-likeness (QED) is 0.307. The number of carbonyl (C=O) groups excluding carboxylic acids is 4. The summed E-state index contributed by atoms with van der Waals surface area (Å²) in [5.74, 6) is -7.15. The van der Waals surface area contributed by atoms with Gasteiger partial charge in [0.05, 0.1) is 11.1 Å². The maximum absolute atomic E-state index is 13.7. The van der Waals surface area contributed by atoms with Crippen LogP contribution in [0.5, 0.6) is 5.75 Å². The lowest BCUT2D eigenvalue weighted by atomic mass is 9.59. The molecule has 39 heavy (non-hydrogen) atoms. The highest BCUT2D eigenvalue weighted by atomic mass is 16.3. The average Bonchev–Trinajstić information content (AvgIpc) is 2.90. The number of rotatable bonds is 5. The summed E-state index contributed by atoms with van der Waals surface area (Å²) in [6.45, 7) is 1.80. The van der Waals surface area contributed by atoms with Crippen molar-refractivity contribution >= 4 is 29.1 Å². The second-order valence-electron chi connectivity index (χ2n) is 10.1. The van der Waals surface area contributed by atoms with Gasteiger partial charge in [0.25, 0.3) is 11.8 Å². The molecule has 0 saturated heterocycles. The van der Waals surface area contributed by atoms with Gasteiger partial charge in [-0.3, -0.25) is 24.2 Å². The van der Waals surface area contributed by atoms with Crippen LogP contribution in [-0.4, -0.2) is 54.4 Å². The number of carbonyl (C=O) groups is 4. The fourth-order valence-corrected chi connectivity index (χ4v) is 6.05. The lowest BCUT2D eigenvalue weighted by molar-refractivity contribution is -0.147. The van der Waals surface area contributed by atoms with Crippen LogP contribution < -0.4 is 11.1 Å². The zero-order valence-electron chi connectivity index (χ0n) is 21.0. The second-order valence-corrected chi connectivity index (χ2v) is 10.1. The topological polar surface area (TPSA) is 200 Å². The van der Waals surface area contributed by atoms with Crippen LogP contribution in [0.4, 0.5) is 0 Å². The first kappa shape index (κ1) is 26.1. The molecule has 1 heterocycles. The second kappa shape index (κ2) is 9.35. The third kappa shape index (κ3) is 3.88. The number of amides is 2. The number of aliphatic hydroxyl groups excluding tert-OH is 2. The van der Waals surface area contributed by atoms with Crippen LogP contribution in [-0.2, 0) is 33.8 Å². The largest absolute Gasteiger partial charge is 0.508 e. The monoisotopic (exact) mass is 533 g/mol. The van der Waals surface area contributed by atoms with Gasteiger partial charge in [0.15, 0.2) is 11.4 Å². The van der Waals surface area contributed by atoms with Crippen molar-refractivity contribution in [1.29, 1.82) is 0 Å². The van der Waals surface area contributed by atoms with E-state index in [1.54, 1.807) is 18.2 Å². The maximum Gasteiger partial charge on any atom is 0.255 e. The van der Waals surface area contributed by atoms with Gasteiger partial charge in [-0.1, -0.05) is 13.0 Å². The van der Waals surface area contributed by atoms with Crippen LogP contribution in [0, 0.1) is 11.8 Å². The van der Waals surface area contributed by atoms with E-state index in [2.05, 4.69) is 10.3 Å². The van der Waals surface area contributed by atoms with E-state index >= 15 is 0 Å². The van der Waals surface area contributed by atoms with E-state index < -0.39 is 57.9 Å². The number of phenols is 1. The smallest absolute Gasteiger partial charge is 0.255 e. The molecule has 3 aliphatic carbocycles. The Kier molecular flexibility index (Phi) is 6.26. The molecule has 1 saturated carbocycles. The number of nitrogens with one attached hydrogen (secondary N) is 1. The minimum Gasteiger partial charge on any atom is -0.508 e. The molecule has 3 aliphatic rings. The van der Waals surface area contributed by atoms with Crippen molar-refractivity contribution in [3.8, 4) is 5.75 Å². The summed E-state index contributed by atoms with van der Waals surface area (Å²) in [6.07, 6.45) is 3.37. The minimum absolute atomic E-state index is 0.00658. The molecule has 11 nitrogen and oxygen atoms in total. The first-order valence-electron chi connectivity index (χ1n) is 12.5. The summed E-state index contributed by atoms with van der Waals surface area (Å²) in [6, 6.07) is 4.93. The average molecular weight is 534 g/mol. The SMILES string of the molecule is CCc1cc(CNC(=O)c2cccnc2)c(O)c2c1CC1CC3CC(=O)C(C(N)=O)=C(O)C3(O)C(=O)C1=C2O. The molecular weight excluding hydrogens is 506 g/mol. The number of Topliss-reactive ketones (excluding diaryl/α,β-unsaturated/α-hetero) is 2. The zero-order chi connectivity index (χ0) is 28.2. The number of hydrogen-bond donors (Lipinski definition) is 6. The summed E-state index contributed by atoms with van der Waals surface area (Å²) in [5, 5.41) is 47.3. The molecule has 2 amide bonds. The predicted molar refractivity (Wildman–Crippen MR) is 136 cm³/mol. The molecule has 3 unspecified atom stereocenters. The Bertz CT molecular complexity index is 1510. The highest BCUT2D eigenvalue weighted by molar-refractivity contribution is 6.22. The molecular formula is C28H27N3O8. The lowest BCUT2D eigenvalue weighted by Gasteiger charge is -2.46. The van der Waals surface area contributed by atoms with E-state index in [9.17, 15) is 39.6 Å². The molecule has 3 atom stereocenters. The number of ketones is 2. The van der Waals surface area contributed by atoms with Crippen LogP contribution in [0.1, 0.15) is 52.4 Å². The highest BCUT2D eigenvalue weighted by Crippen LogP contribution is 2.52. The molecule has 1 aromatic carbocycles. The molecule has 202 valence electrons. The number of nitrogens with two attached hydrogens (primary N) is 1. The molecule has 1 fully saturated rings. The molecule has 0 radical (unpaired) electrons. The third-order valence-electron chi connectivity index (χ3n) is 7.98. The van der Waals surface area contributed by atoms with E-state index in [4.69, 9.17) is 5.73 Å². The van der Waals surface area contributed by atoms with Gasteiger partial charge in [0.1, 0.15) is 22.8 Å². The van der Waals surface area contributed by atoms with Crippen molar-refractivity contribution in [2.24, 2.45) is 17.6 Å². The maximum atomic E-state index is 13.7. The number of benzene rings is 1. The Balaban J connectivity index is 1.58. The van der Waals surface area contributed by atoms with Crippen LogP contribution in [0.3, 0.4) is 0 Å². The number of pyridine rings is 1. The van der Waals surface area contributed by atoms with Crippen LogP contribution in [0.25, 0.3) is 5.76 Å². The standard InChI is InChI=1S/C28H27N3O8/c1-2-12-6-15(11-31-27(38)13-4-3-5-30-10-13)22(33)20-17(12)8-14-7-16-9-18(32)21(26(29)37)25(36)28(16,39)24(35)19(14)23(20)34/h3-6,10,14,16,33-34,36,39H,2,7-9,11H2,1H3,(H2,29,37)(H,31,38). The molecule has 0 aliphatic heterocycles. The summed E-state index contributed by atoms with van der Waals surface area (Å²) in [4.78, 5) is 54.4. The zero-order valence-corrected chi connectivity index (χ0v) is 21.0. The highest BCUT2D eigenvalue weighted by Gasteiger charge is 2.60. The van der Waals surface area contributed by atoms with E-state index in [0.29, 0.717) is 23.1 Å². The van der Waals surface area contributed by atoms with Crippen molar-refractivity contribution in [3.05, 3.63) is 75.3 Å². The number of aromatic nitrogens is 1. The number of phenolic OH excluding ortho intramolecular Hbond substituents is 1. The van der Waals surface area contributed by atoms with Crippen molar-refractivity contribution in [2.45, 2.75) is 44.8 Å². The number of nitrogens with zero attached hydrogens (tertiary/aromatic N) is 1. The van der Waals surface area contributed by atoms with E-state index in [0.717, 1.165) is 5.56 Å². The number of aromatic hydroxyl groups is 1. The number of hydrogen-bond acceptors (Lipinski definition) is 9. The Hall–Kier alpha value is -4.51. The van der Waals surface area contributed by atoms with Crippen LogP contribution in [0.2, 0.25) is 0 Å². The fraction of sp³-hybridized carbons (Fsp3) is 0.321. The fourth-order valence-electron chi connectivity index (χ4n) is 6.05. The van der Waals surface area contributed by atoms with Gasteiger partial charge in [0, 0.05) is 42.4 Å². The van der Waals surface area contributed by atoms with Crippen molar-refractivity contribution < 1.29 is 39.6 Å². The molecule has 7 N–H and O–H groups in total. The Morgan fingerprint density at radius 1 is 1.18 bits per heavy atom. The molecule has 1 aromatic heterocycles. The normalized spacial score (nSPS) is 24.2. The van der Waals surface area contributed by atoms with Gasteiger partial charge >= 0.3 is 0 Å². The Morgan fingerprint density at radius 2 is 1.92 bits per heavy atom. The minimum atomic E-state index is -2.62. The first-order chi connectivity index (χ1) is 18.5. The number of primary amides is 1. The number of aliphatic hydroxyl groups is 3. The predicted octanol–water partition coefficient (Wildman–Crippen LogP) is 1.31. The summed E-state index contributed by atoms with van der Waals surface area (Å²) < 4.78 is 0. The van der Waals surface area contributed by atoms with Gasteiger partial charge < -0.3 is 31.5 Å². The molecule has 0 bridgehead atoms. The van der Waals surface area contributed by atoms with Gasteiger partial charge in [-0.25, -0.2) is 0 Å². The van der Waals surface area contributed by atoms with Crippen molar-refractivity contribution in [3.63, 3.8) is 0 Å². The summed E-state index contributed by atoms with van der Waals surface area (Å²) >= 11 is 0. The van der Waals surface area contributed by atoms with Gasteiger partial charge in [0.2, 0.25) is 5.78 Å². The number of fused-ring (bicyclic) bond motifs is 3. The Morgan fingerprint density at radius 3 is 2.56 bits per heavy atom. The third-order valence-corrected chi connectivity index (χ3v) is 7.98. The van der Waals surface area contributed by atoms with E-state index in [-0.39, 0.29) is 42.7 Å². The van der Waals surface area contributed by atoms with Crippen LogP contribution >= 0.6 is 0 Å². The van der Waals surface area contributed by atoms with Crippen LogP contribution in [0.15, 0.2) is 47.5 Å². The van der Waals surface area contributed by atoms with E-state index in [1.165, 1.54) is 12.4 Å². The Labute approximate surface area is 222 Å². The summed E-state index contributed by atoms with van der Waals surface area (Å²) in [5.41, 5.74) is 3.59. The summed E-state index contributed by atoms with van der Waals surface area (Å²) in [7, 11) is 0. The molecule has 11 heteroatoms. The molecule has 0 spiro atoms. The van der Waals surface area contributed by atoms with Gasteiger partial charge in [-0.15, -0.1) is 0 Å². The van der Waals surface area contributed by atoms with Gasteiger partial charge in [-0.05, 0) is 48.4 Å². The molecule has 2 aromatic rings. The van der Waals surface area contributed by atoms with Crippen molar-refractivity contribution in [1.82, 2.24) is 10.3 Å². The molecule has 5 rings (SSSR count). The number of aryl methyl sites for hydroxylation is 1. The first-order valence-corrected chi connectivity index (χ1v) is 12.5.